The van der Waals surface area contributed by atoms with E-state index in [0.717, 1.165) is 28.0 Å². The lowest BCUT2D eigenvalue weighted by molar-refractivity contribution is 0.119. The maximum absolute atomic E-state index is 5.59. The Bertz CT molecular complexity index is 740. The minimum absolute atomic E-state index is 0. The maximum atomic E-state index is 5.59. The van der Waals surface area contributed by atoms with Gasteiger partial charge in [0.05, 0.1) is 18.8 Å². The standard InChI is InChI=1S/C20H30N4O3S.HI/c1-15(26-5)19-23-17(14-28-19)13-24(3)20(21-2)22-12-16-6-8-18(9-7-16)27-11-10-25-4;/h6-9,14-15H,10-13H2,1-5H3,(H,21,22);1H. The molecule has 2 aromatic rings. The van der Waals surface area contributed by atoms with Crippen LogP contribution in [0.25, 0.3) is 0 Å². The number of methoxy groups -OCH3 is 2. The van der Waals surface area contributed by atoms with E-state index < -0.39 is 0 Å². The normalized spacial score (nSPS) is 12.2. The third-order valence-electron chi connectivity index (χ3n) is 4.17. The summed E-state index contributed by atoms with van der Waals surface area (Å²) in [5, 5.41) is 6.44. The zero-order chi connectivity index (χ0) is 20.4. The summed E-state index contributed by atoms with van der Waals surface area (Å²) in [5.74, 6) is 1.65. The van der Waals surface area contributed by atoms with Crippen molar-refractivity contribution in [2.24, 2.45) is 4.99 Å². The van der Waals surface area contributed by atoms with Gasteiger partial charge in [-0.05, 0) is 24.6 Å². The van der Waals surface area contributed by atoms with Crippen LogP contribution in [0.5, 0.6) is 5.75 Å². The lowest BCUT2D eigenvalue weighted by Gasteiger charge is -2.21. The van der Waals surface area contributed by atoms with E-state index in [1.54, 1.807) is 32.6 Å². The van der Waals surface area contributed by atoms with E-state index in [2.05, 4.69) is 25.6 Å². The molecule has 7 nitrogen and oxygen atoms in total. The van der Waals surface area contributed by atoms with E-state index in [9.17, 15) is 0 Å². The molecule has 1 atom stereocenters. The molecule has 0 spiro atoms. The number of aromatic nitrogens is 1. The fraction of sp³-hybridized carbons (Fsp3) is 0.500. The van der Waals surface area contributed by atoms with Crippen LogP contribution in [0.2, 0.25) is 0 Å². The number of hydrogen-bond acceptors (Lipinski definition) is 6. The van der Waals surface area contributed by atoms with Gasteiger partial charge in [-0.3, -0.25) is 4.99 Å². The van der Waals surface area contributed by atoms with Gasteiger partial charge in [0.1, 0.15) is 23.5 Å². The average Bonchev–Trinajstić information content (AvgIpc) is 3.17. The molecule has 29 heavy (non-hydrogen) atoms. The number of thiazole rings is 1. The smallest absolute Gasteiger partial charge is 0.194 e. The van der Waals surface area contributed by atoms with E-state index in [-0.39, 0.29) is 30.1 Å². The van der Waals surface area contributed by atoms with Crippen LogP contribution >= 0.6 is 35.3 Å². The molecule has 0 saturated carbocycles. The lowest BCUT2D eigenvalue weighted by Crippen LogP contribution is -2.38. The topological polar surface area (TPSA) is 68.2 Å². The first-order valence-corrected chi connectivity index (χ1v) is 10.0. The van der Waals surface area contributed by atoms with Crippen molar-refractivity contribution in [3.05, 3.63) is 45.9 Å². The number of rotatable bonds is 10. The molecular formula is C20H31IN4O3S. The fourth-order valence-electron chi connectivity index (χ4n) is 2.51. The van der Waals surface area contributed by atoms with Gasteiger partial charge >= 0.3 is 0 Å². The first-order chi connectivity index (χ1) is 13.6. The van der Waals surface area contributed by atoms with Gasteiger partial charge in [-0.1, -0.05) is 12.1 Å². The van der Waals surface area contributed by atoms with Crippen LogP contribution in [0.1, 0.15) is 29.3 Å². The van der Waals surface area contributed by atoms with Crippen molar-refractivity contribution in [1.29, 1.82) is 0 Å². The molecule has 0 fully saturated rings. The highest BCUT2D eigenvalue weighted by atomic mass is 127. The van der Waals surface area contributed by atoms with E-state index in [4.69, 9.17) is 14.2 Å². The first kappa shape index (κ1) is 25.6. The van der Waals surface area contributed by atoms with Crippen LogP contribution in [-0.2, 0) is 22.6 Å². The predicted octanol–water partition coefficient (Wildman–Crippen LogP) is 3.70. The van der Waals surface area contributed by atoms with Gasteiger partial charge in [0, 0.05) is 40.2 Å². The first-order valence-electron chi connectivity index (χ1n) is 9.17. The Morgan fingerprint density at radius 1 is 1.24 bits per heavy atom. The number of guanidine groups is 1. The van der Waals surface area contributed by atoms with E-state index in [1.165, 1.54) is 0 Å². The quantitative estimate of drug-likeness (QED) is 0.217. The van der Waals surface area contributed by atoms with Gasteiger partial charge in [-0.15, -0.1) is 35.3 Å². The highest BCUT2D eigenvalue weighted by Crippen LogP contribution is 2.21. The zero-order valence-corrected chi connectivity index (χ0v) is 20.8. The van der Waals surface area contributed by atoms with Gasteiger partial charge in [0.15, 0.2) is 5.96 Å². The number of benzene rings is 1. The molecule has 1 unspecified atom stereocenters. The van der Waals surface area contributed by atoms with Crippen molar-refractivity contribution < 1.29 is 14.2 Å². The van der Waals surface area contributed by atoms with Gasteiger partial charge in [0.25, 0.3) is 0 Å². The van der Waals surface area contributed by atoms with Crippen LogP contribution in [0.15, 0.2) is 34.6 Å². The van der Waals surface area contributed by atoms with Crippen LogP contribution < -0.4 is 10.1 Å². The molecular weight excluding hydrogens is 503 g/mol. The molecule has 0 radical (unpaired) electrons. The minimum Gasteiger partial charge on any atom is -0.491 e. The third-order valence-corrected chi connectivity index (χ3v) is 5.23. The number of ether oxygens (including phenoxy) is 3. The number of nitrogens with one attached hydrogen (secondary N) is 1. The molecule has 0 aliphatic heterocycles. The highest BCUT2D eigenvalue weighted by Gasteiger charge is 2.12. The number of halogens is 1. The van der Waals surface area contributed by atoms with Crippen LogP contribution in [0.4, 0.5) is 0 Å². The van der Waals surface area contributed by atoms with Crippen molar-refractivity contribution >= 4 is 41.3 Å². The summed E-state index contributed by atoms with van der Waals surface area (Å²) in [5.41, 5.74) is 2.16. The van der Waals surface area contributed by atoms with Crippen molar-refractivity contribution in [3.63, 3.8) is 0 Å². The summed E-state index contributed by atoms with van der Waals surface area (Å²) in [4.78, 5) is 11.1. The molecule has 0 bridgehead atoms. The summed E-state index contributed by atoms with van der Waals surface area (Å²) in [7, 11) is 7.14. The minimum atomic E-state index is 0. The van der Waals surface area contributed by atoms with Crippen molar-refractivity contribution in [1.82, 2.24) is 15.2 Å². The molecule has 0 aliphatic carbocycles. The average molecular weight is 534 g/mol. The highest BCUT2D eigenvalue weighted by molar-refractivity contribution is 14.0. The molecule has 1 heterocycles. The van der Waals surface area contributed by atoms with Gasteiger partial charge < -0.3 is 24.4 Å². The summed E-state index contributed by atoms with van der Waals surface area (Å²) in [6, 6.07) is 8.02. The molecule has 0 aliphatic rings. The Morgan fingerprint density at radius 2 is 1.97 bits per heavy atom. The van der Waals surface area contributed by atoms with Crippen LogP contribution in [0, 0.1) is 0 Å². The fourth-order valence-corrected chi connectivity index (χ4v) is 3.35. The lowest BCUT2D eigenvalue weighted by atomic mass is 10.2. The van der Waals surface area contributed by atoms with E-state index >= 15 is 0 Å². The third kappa shape index (κ3) is 8.45. The second-order valence-corrected chi connectivity index (χ2v) is 7.19. The largest absolute Gasteiger partial charge is 0.491 e. The Hall–Kier alpha value is -1.43. The van der Waals surface area contributed by atoms with Gasteiger partial charge in [-0.25, -0.2) is 4.98 Å². The number of aliphatic imine (C=N–C) groups is 1. The molecule has 9 heteroatoms. The zero-order valence-electron chi connectivity index (χ0n) is 17.7. The second-order valence-electron chi connectivity index (χ2n) is 6.30. The van der Waals surface area contributed by atoms with Gasteiger partial charge in [0.2, 0.25) is 0 Å². The molecule has 0 saturated heterocycles. The Labute approximate surface area is 194 Å². The van der Waals surface area contributed by atoms with Gasteiger partial charge in [-0.2, -0.15) is 0 Å². The SMILES string of the molecule is CN=C(NCc1ccc(OCCOC)cc1)N(C)Cc1csc(C(C)OC)n1.I. The summed E-state index contributed by atoms with van der Waals surface area (Å²) < 4.78 is 15.9. The van der Waals surface area contributed by atoms with Crippen LogP contribution in [0.3, 0.4) is 0 Å². The summed E-state index contributed by atoms with van der Waals surface area (Å²) in [6.07, 6.45) is 0.0166. The van der Waals surface area contributed by atoms with Crippen molar-refractivity contribution in [2.45, 2.75) is 26.1 Å². The molecule has 162 valence electrons. The molecule has 2 rings (SSSR count). The van der Waals surface area contributed by atoms with E-state index in [1.807, 2.05) is 38.2 Å². The Kier molecular flexibility index (Phi) is 12.1. The Balaban J connectivity index is 0.00000420. The summed E-state index contributed by atoms with van der Waals surface area (Å²) >= 11 is 1.62. The second kappa shape index (κ2) is 13.7. The van der Waals surface area contributed by atoms with Crippen molar-refractivity contribution in [3.8, 4) is 5.75 Å². The molecule has 1 aromatic carbocycles. The molecule has 1 N–H and O–H groups in total. The molecule has 0 amide bonds. The molecule has 1 aromatic heterocycles. The summed E-state index contributed by atoms with van der Waals surface area (Å²) in [6.45, 7) is 4.49. The predicted molar refractivity (Wildman–Crippen MR) is 128 cm³/mol. The maximum Gasteiger partial charge on any atom is 0.194 e. The van der Waals surface area contributed by atoms with Crippen LogP contribution in [-0.4, -0.2) is 57.4 Å². The van der Waals surface area contributed by atoms with Crippen molar-refractivity contribution in [2.75, 3.05) is 41.5 Å². The number of nitrogens with zero attached hydrogens (tertiary/aromatic N) is 3. The Morgan fingerprint density at radius 3 is 2.59 bits per heavy atom. The monoisotopic (exact) mass is 534 g/mol. The van der Waals surface area contributed by atoms with E-state index in [0.29, 0.717) is 26.3 Å². The number of hydrogen-bond donors (Lipinski definition) is 1.